The summed E-state index contributed by atoms with van der Waals surface area (Å²) in [6, 6.07) is 0.0277. The maximum atomic E-state index is 5.22. The Hall–Kier alpha value is -0.520. The molecule has 0 aromatic heterocycles. The monoisotopic (exact) mass is 140 g/mol. The lowest BCUT2D eigenvalue weighted by Gasteiger charge is -2.16. The van der Waals surface area contributed by atoms with Gasteiger partial charge in [-0.2, -0.15) is 0 Å². The maximum absolute atomic E-state index is 5.22. The van der Waals surface area contributed by atoms with E-state index in [2.05, 4.69) is 25.2 Å². The van der Waals surface area contributed by atoms with Gasteiger partial charge in [-0.1, -0.05) is 26.2 Å². The van der Waals surface area contributed by atoms with Gasteiger partial charge in [-0.25, -0.2) is 5.43 Å². The fourth-order valence-electron chi connectivity index (χ4n) is 0.999. The normalized spacial score (nSPS) is 15.8. The molecule has 0 spiro atoms. The molecule has 0 fully saturated rings. The minimum Gasteiger partial charge on any atom is -0.270 e. The highest BCUT2D eigenvalue weighted by atomic mass is 15.2. The van der Waals surface area contributed by atoms with Crippen molar-refractivity contribution in [2.24, 2.45) is 11.8 Å². The van der Waals surface area contributed by atoms with Crippen LogP contribution in [0.3, 0.4) is 0 Å². The molecule has 2 heteroatoms. The van der Waals surface area contributed by atoms with Crippen LogP contribution in [0.15, 0.2) is 0 Å². The van der Waals surface area contributed by atoms with Crippen LogP contribution in [0.2, 0.25) is 0 Å². The molecule has 0 rings (SSSR count). The fourth-order valence-corrected chi connectivity index (χ4v) is 0.999. The molecule has 0 saturated carbocycles. The summed E-state index contributed by atoms with van der Waals surface area (Å²) in [5.41, 5.74) is 2.60. The van der Waals surface area contributed by atoms with Crippen LogP contribution in [0.1, 0.15) is 26.7 Å². The van der Waals surface area contributed by atoms with Crippen molar-refractivity contribution in [1.29, 1.82) is 0 Å². The molecule has 2 atom stereocenters. The maximum Gasteiger partial charge on any atom is 0.0840 e. The standard InChI is InChI=1S/C8H16N2/c1-4-6-7(3)8(5-2)10-9/h2,7-8,10H,4,6,9H2,1,3H3. The van der Waals surface area contributed by atoms with Crippen molar-refractivity contribution in [2.75, 3.05) is 0 Å². The summed E-state index contributed by atoms with van der Waals surface area (Å²) < 4.78 is 0. The highest BCUT2D eigenvalue weighted by Crippen LogP contribution is 2.08. The summed E-state index contributed by atoms with van der Waals surface area (Å²) >= 11 is 0. The Morgan fingerprint density at radius 2 is 2.30 bits per heavy atom. The van der Waals surface area contributed by atoms with Crippen LogP contribution in [0.5, 0.6) is 0 Å². The van der Waals surface area contributed by atoms with Gasteiger partial charge in [0, 0.05) is 0 Å². The fraction of sp³-hybridized carbons (Fsp3) is 0.750. The van der Waals surface area contributed by atoms with Crippen molar-refractivity contribution < 1.29 is 0 Å². The molecule has 0 aromatic carbocycles. The van der Waals surface area contributed by atoms with Gasteiger partial charge in [0.2, 0.25) is 0 Å². The van der Waals surface area contributed by atoms with Crippen molar-refractivity contribution in [1.82, 2.24) is 5.43 Å². The zero-order chi connectivity index (χ0) is 7.98. The molecule has 58 valence electrons. The number of terminal acetylenes is 1. The van der Waals surface area contributed by atoms with E-state index in [4.69, 9.17) is 12.3 Å². The van der Waals surface area contributed by atoms with E-state index in [1.807, 2.05) is 0 Å². The van der Waals surface area contributed by atoms with Gasteiger partial charge in [-0.15, -0.1) is 6.42 Å². The van der Waals surface area contributed by atoms with E-state index >= 15 is 0 Å². The van der Waals surface area contributed by atoms with E-state index in [-0.39, 0.29) is 6.04 Å². The molecule has 0 amide bonds. The first kappa shape index (κ1) is 9.48. The third-order valence-electron chi connectivity index (χ3n) is 1.67. The quantitative estimate of drug-likeness (QED) is 0.346. The highest BCUT2D eigenvalue weighted by Gasteiger charge is 2.10. The molecular formula is C8H16N2. The van der Waals surface area contributed by atoms with Crippen molar-refractivity contribution >= 4 is 0 Å². The Labute approximate surface area is 63.2 Å². The second-order valence-corrected chi connectivity index (χ2v) is 2.58. The van der Waals surface area contributed by atoms with Gasteiger partial charge >= 0.3 is 0 Å². The van der Waals surface area contributed by atoms with E-state index in [0.717, 1.165) is 12.8 Å². The molecule has 10 heavy (non-hydrogen) atoms. The first-order valence-corrected chi connectivity index (χ1v) is 3.68. The second kappa shape index (κ2) is 5.28. The molecular weight excluding hydrogens is 124 g/mol. The average Bonchev–Trinajstić information content (AvgIpc) is 1.91. The molecule has 0 aliphatic heterocycles. The number of hydrogen-bond donors (Lipinski definition) is 2. The van der Waals surface area contributed by atoms with Crippen molar-refractivity contribution in [3.8, 4) is 12.3 Å². The zero-order valence-corrected chi connectivity index (χ0v) is 6.72. The van der Waals surface area contributed by atoms with E-state index in [1.165, 1.54) is 0 Å². The van der Waals surface area contributed by atoms with Gasteiger partial charge in [0.15, 0.2) is 0 Å². The molecule has 0 aromatic rings. The SMILES string of the molecule is C#CC(NN)C(C)CCC. The van der Waals surface area contributed by atoms with Crippen molar-refractivity contribution in [2.45, 2.75) is 32.7 Å². The van der Waals surface area contributed by atoms with Crippen molar-refractivity contribution in [3.63, 3.8) is 0 Å². The van der Waals surface area contributed by atoms with Gasteiger partial charge in [-0.05, 0) is 12.3 Å². The van der Waals surface area contributed by atoms with Crippen LogP contribution in [0.4, 0.5) is 0 Å². The van der Waals surface area contributed by atoms with Crippen molar-refractivity contribution in [3.05, 3.63) is 0 Å². The predicted molar refractivity (Wildman–Crippen MR) is 44.0 cm³/mol. The number of nitrogens with one attached hydrogen (secondary N) is 1. The lowest BCUT2D eigenvalue weighted by molar-refractivity contribution is 0.423. The molecule has 0 aliphatic rings. The summed E-state index contributed by atoms with van der Waals surface area (Å²) in [6.45, 7) is 4.24. The summed E-state index contributed by atoms with van der Waals surface area (Å²) in [7, 11) is 0. The minimum absolute atomic E-state index is 0.0277. The number of hydrogen-bond acceptors (Lipinski definition) is 2. The third-order valence-corrected chi connectivity index (χ3v) is 1.67. The number of rotatable bonds is 4. The van der Waals surface area contributed by atoms with Crippen LogP contribution < -0.4 is 11.3 Å². The van der Waals surface area contributed by atoms with Gasteiger partial charge in [0.25, 0.3) is 0 Å². The van der Waals surface area contributed by atoms with E-state index < -0.39 is 0 Å². The van der Waals surface area contributed by atoms with Gasteiger partial charge < -0.3 is 0 Å². The van der Waals surface area contributed by atoms with Crippen LogP contribution in [0.25, 0.3) is 0 Å². The molecule has 0 radical (unpaired) electrons. The first-order chi connectivity index (χ1) is 4.76. The Morgan fingerprint density at radius 1 is 1.70 bits per heavy atom. The molecule has 0 heterocycles. The summed E-state index contributed by atoms with van der Waals surface area (Å²) in [4.78, 5) is 0. The first-order valence-electron chi connectivity index (χ1n) is 3.68. The Bertz CT molecular complexity index is 115. The Morgan fingerprint density at radius 3 is 2.60 bits per heavy atom. The van der Waals surface area contributed by atoms with Crippen LogP contribution in [-0.2, 0) is 0 Å². The summed E-state index contributed by atoms with van der Waals surface area (Å²) in [6.07, 6.45) is 7.50. The Balaban J connectivity index is 3.67. The lowest BCUT2D eigenvalue weighted by Crippen LogP contribution is -2.38. The predicted octanol–water partition coefficient (Wildman–Crippen LogP) is 0.888. The molecule has 0 aliphatic carbocycles. The summed E-state index contributed by atoms with van der Waals surface area (Å²) in [5, 5.41) is 0. The van der Waals surface area contributed by atoms with Crippen LogP contribution >= 0.6 is 0 Å². The van der Waals surface area contributed by atoms with Crippen LogP contribution in [-0.4, -0.2) is 6.04 Å². The van der Waals surface area contributed by atoms with E-state index in [0.29, 0.717) is 5.92 Å². The third kappa shape index (κ3) is 2.86. The minimum atomic E-state index is 0.0277. The number of nitrogens with two attached hydrogens (primary N) is 1. The molecule has 2 nitrogen and oxygen atoms in total. The molecule has 0 bridgehead atoms. The smallest absolute Gasteiger partial charge is 0.0840 e. The Kier molecular flexibility index (Phi) is 5.00. The van der Waals surface area contributed by atoms with E-state index in [9.17, 15) is 0 Å². The second-order valence-electron chi connectivity index (χ2n) is 2.58. The highest BCUT2D eigenvalue weighted by molar-refractivity contribution is 4.99. The zero-order valence-electron chi connectivity index (χ0n) is 6.72. The van der Waals surface area contributed by atoms with E-state index in [1.54, 1.807) is 0 Å². The average molecular weight is 140 g/mol. The van der Waals surface area contributed by atoms with Gasteiger partial charge in [0.05, 0.1) is 6.04 Å². The van der Waals surface area contributed by atoms with Crippen LogP contribution in [0, 0.1) is 18.3 Å². The summed E-state index contributed by atoms with van der Waals surface area (Å²) in [5.74, 6) is 8.29. The molecule has 0 saturated heterocycles. The topological polar surface area (TPSA) is 38.0 Å². The van der Waals surface area contributed by atoms with Gasteiger partial charge in [0.1, 0.15) is 0 Å². The molecule has 2 unspecified atom stereocenters. The number of hydrazine groups is 1. The largest absolute Gasteiger partial charge is 0.270 e. The van der Waals surface area contributed by atoms with Gasteiger partial charge in [-0.3, -0.25) is 5.84 Å². The molecule has 3 N–H and O–H groups in total. The lowest BCUT2D eigenvalue weighted by atomic mass is 9.98.